The molecule has 3 heterocycles. The molecule has 0 spiro atoms. The van der Waals surface area contributed by atoms with E-state index in [0.29, 0.717) is 31.3 Å². The van der Waals surface area contributed by atoms with Gasteiger partial charge < -0.3 is 9.80 Å². The molecule has 1 aromatic heterocycles. The molecule has 2 saturated heterocycles. The van der Waals surface area contributed by atoms with Crippen molar-refractivity contribution in [3.8, 4) is 0 Å². The quantitative estimate of drug-likeness (QED) is 0.754. The number of nitrogens with zero attached hydrogens (tertiary/aromatic N) is 5. The van der Waals surface area contributed by atoms with Gasteiger partial charge in [-0.1, -0.05) is 24.7 Å². The van der Waals surface area contributed by atoms with Gasteiger partial charge in [-0.3, -0.25) is 19.3 Å². The van der Waals surface area contributed by atoms with Crippen LogP contribution < -0.4 is 4.90 Å². The molecule has 0 N–H and O–H groups in total. The van der Waals surface area contributed by atoms with Gasteiger partial charge in [0.05, 0.1) is 5.92 Å². The van der Waals surface area contributed by atoms with Crippen LogP contribution in [0.15, 0.2) is 0 Å². The van der Waals surface area contributed by atoms with E-state index >= 15 is 0 Å². The Kier molecular flexibility index (Phi) is 5.61. The molecule has 0 aromatic carbocycles. The number of carbonyl (C=O) groups is 3. The summed E-state index contributed by atoms with van der Waals surface area (Å²) in [5.74, 6) is 0.0760. The van der Waals surface area contributed by atoms with E-state index in [9.17, 15) is 14.4 Å². The van der Waals surface area contributed by atoms with E-state index in [1.165, 1.54) is 11.3 Å². The van der Waals surface area contributed by atoms with Crippen LogP contribution in [0.5, 0.6) is 0 Å². The van der Waals surface area contributed by atoms with Crippen LogP contribution in [0, 0.1) is 11.8 Å². The van der Waals surface area contributed by atoms with E-state index in [-0.39, 0.29) is 36.0 Å². The molecule has 3 aliphatic rings. The largest absolute Gasteiger partial charge is 0.341 e. The number of carbonyl (C=O) groups excluding carboxylic acids is 3. The summed E-state index contributed by atoms with van der Waals surface area (Å²) in [5.41, 5.74) is 0. The highest BCUT2D eigenvalue weighted by Crippen LogP contribution is 2.30. The highest BCUT2D eigenvalue weighted by Gasteiger charge is 2.39. The van der Waals surface area contributed by atoms with Crippen LogP contribution in [0.25, 0.3) is 0 Å². The maximum absolute atomic E-state index is 13.0. The number of anilines is 1. The highest BCUT2D eigenvalue weighted by molar-refractivity contribution is 7.15. The lowest BCUT2D eigenvalue weighted by Crippen LogP contribution is -2.43. The van der Waals surface area contributed by atoms with Gasteiger partial charge in [-0.25, -0.2) is 0 Å². The molecule has 1 aromatic rings. The summed E-state index contributed by atoms with van der Waals surface area (Å²) in [5, 5.41) is 9.66. The Bertz CT molecular complexity index is 763. The maximum atomic E-state index is 13.0. The van der Waals surface area contributed by atoms with E-state index in [1.54, 1.807) is 4.90 Å². The van der Waals surface area contributed by atoms with Gasteiger partial charge in [-0.2, -0.15) is 0 Å². The second-order valence-corrected chi connectivity index (χ2v) is 8.91. The molecule has 0 radical (unpaired) electrons. The fourth-order valence-corrected chi connectivity index (χ4v) is 4.89. The molecular weight excluding hydrogens is 378 g/mol. The zero-order valence-corrected chi connectivity index (χ0v) is 17.1. The van der Waals surface area contributed by atoms with Gasteiger partial charge in [0.15, 0.2) is 0 Å². The van der Waals surface area contributed by atoms with Crippen molar-refractivity contribution in [3.63, 3.8) is 0 Å². The molecule has 1 aliphatic carbocycles. The van der Waals surface area contributed by atoms with Crippen molar-refractivity contribution in [2.24, 2.45) is 11.8 Å². The minimum atomic E-state index is -0.338. The first-order valence-corrected chi connectivity index (χ1v) is 11.1. The van der Waals surface area contributed by atoms with E-state index in [4.69, 9.17) is 0 Å². The molecule has 1 atom stereocenters. The molecule has 9 heteroatoms. The lowest BCUT2D eigenvalue weighted by atomic mass is 9.84. The van der Waals surface area contributed by atoms with E-state index < -0.39 is 0 Å². The fraction of sp³-hybridized carbons (Fsp3) is 0.737. The predicted molar refractivity (Wildman–Crippen MR) is 105 cm³/mol. The van der Waals surface area contributed by atoms with Gasteiger partial charge in [-0.05, 0) is 25.7 Å². The third kappa shape index (κ3) is 3.76. The molecule has 0 bridgehead atoms. The fourth-order valence-electron chi connectivity index (χ4n) is 4.08. The van der Waals surface area contributed by atoms with Gasteiger partial charge >= 0.3 is 0 Å². The topological polar surface area (TPSA) is 86.7 Å². The molecule has 8 nitrogen and oxygen atoms in total. The molecule has 2 aliphatic heterocycles. The van der Waals surface area contributed by atoms with Crippen molar-refractivity contribution in [2.45, 2.75) is 45.4 Å². The van der Waals surface area contributed by atoms with Crippen LogP contribution in [-0.4, -0.2) is 70.4 Å². The second kappa shape index (κ2) is 8.14. The summed E-state index contributed by atoms with van der Waals surface area (Å²) < 4.78 is 0. The smallest absolute Gasteiger partial charge is 0.229 e. The van der Waals surface area contributed by atoms with Crippen molar-refractivity contribution in [2.75, 3.05) is 37.6 Å². The van der Waals surface area contributed by atoms with Crippen LogP contribution >= 0.6 is 11.3 Å². The van der Waals surface area contributed by atoms with E-state index in [2.05, 4.69) is 10.2 Å². The summed E-state index contributed by atoms with van der Waals surface area (Å²) in [6, 6.07) is 0. The Morgan fingerprint density at radius 2 is 1.68 bits per heavy atom. The number of aryl methyl sites for hydroxylation is 1. The first-order chi connectivity index (χ1) is 13.6. The zero-order chi connectivity index (χ0) is 19.7. The molecule has 3 amide bonds. The van der Waals surface area contributed by atoms with Gasteiger partial charge in [0.1, 0.15) is 5.01 Å². The molecule has 1 unspecified atom stereocenters. The Morgan fingerprint density at radius 3 is 2.25 bits per heavy atom. The Hall–Kier alpha value is -2.03. The number of hydrogen-bond donors (Lipinski definition) is 0. The molecule has 4 rings (SSSR count). The van der Waals surface area contributed by atoms with Gasteiger partial charge in [0.2, 0.25) is 22.9 Å². The van der Waals surface area contributed by atoms with Gasteiger partial charge in [0, 0.05) is 45.1 Å². The second-order valence-electron chi connectivity index (χ2n) is 7.87. The Balaban J connectivity index is 1.35. The van der Waals surface area contributed by atoms with Crippen molar-refractivity contribution in [1.29, 1.82) is 0 Å². The third-order valence-electron chi connectivity index (χ3n) is 6.04. The lowest BCUT2D eigenvalue weighted by Gasteiger charge is -2.31. The first kappa shape index (κ1) is 19.3. The molecule has 3 fully saturated rings. The minimum Gasteiger partial charge on any atom is -0.341 e. The Labute approximate surface area is 168 Å². The highest BCUT2D eigenvalue weighted by atomic mass is 32.1. The van der Waals surface area contributed by atoms with Crippen LogP contribution in [0.3, 0.4) is 0 Å². The standard InChI is InChI=1S/C19H27N5O3S/c1-2-15-20-21-19(28-15)24-12-14(11-16(24)25)18(27)23-8-4-7-22(9-10-23)17(26)13-5-3-6-13/h13-14H,2-12H2,1H3. The Morgan fingerprint density at radius 1 is 1.00 bits per heavy atom. The number of hydrogen-bond acceptors (Lipinski definition) is 6. The minimum absolute atomic E-state index is 0.0222. The molecule has 152 valence electrons. The predicted octanol–water partition coefficient (Wildman–Crippen LogP) is 1.31. The lowest BCUT2D eigenvalue weighted by molar-refractivity contribution is -0.139. The van der Waals surface area contributed by atoms with Crippen molar-refractivity contribution < 1.29 is 14.4 Å². The normalized spacial score (nSPS) is 23.7. The SMILES string of the molecule is CCc1nnc(N2CC(C(=O)N3CCCN(C(=O)C4CCC4)CC3)CC2=O)s1. The summed E-state index contributed by atoms with van der Waals surface area (Å²) in [6.45, 7) is 4.90. The molecule has 1 saturated carbocycles. The summed E-state index contributed by atoms with van der Waals surface area (Å²) in [4.78, 5) is 43.3. The number of aromatic nitrogens is 2. The number of amides is 3. The monoisotopic (exact) mass is 405 g/mol. The van der Waals surface area contributed by atoms with Gasteiger partial charge in [0.25, 0.3) is 0 Å². The summed E-state index contributed by atoms with van der Waals surface area (Å²) in [6.07, 6.45) is 4.96. The maximum Gasteiger partial charge on any atom is 0.229 e. The van der Waals surface area contributed by atoms with Crippen molar-refractivity contribution in [3.05, 3.63) is 5.01 Å². The van der Waals surface area contributed by atoms with Gasteiger partial charge in [-0.15, -0.1) is 10.2 Å². The average molecular weight is 406 g/mol. The van der Waals surface area contributed by atoms with E-state index in [0.717, 1.165) is 43.7 Å². The third-order valence-corrected chi connectivity index (χ3v) is 7.13. The van der Waals surface area contributed by atoms with Crippen LogP contribution in [0.4, 0.5) is 5.13 Å². The van der Waals surface area contributed by atoms with Crippen molar-refractivity contribution in [1.82, 2.24) is 20.0 Å². The first-order valence-electron chi connectivity index (χ1n) is 10.3. The van der Waals surface area contributed by atoms with Crippen LogP contribution in [-0.2, 0) is 20.8 Å². The van der Waals surface area contributed by atoms with Crippen LogP contribution in [0.2, 0.25) is 0 Å². The summed E-state index contributed by atoms with van der Waals surface area (Å²) >= 11 is 1.41. The van der Waals surface area contributed by atoms with Crippen LogP contribution in [0.1, 0.15) is 44.0 Å². The zero-order valence-electron chi connectivity index (χ0n) is 16.3. The van der Waals surface area contributed by atoms with E-state index in [1.807, 2.05) is 16.7 Å². The number of rotatable bonds is 4. The molecular formula is C19H27N5O3S. The van der Waals surface area contributed by atoms with Crippen molar-refractivity contribution >= 4 is 34.2 Å². The summed E-state index contributed by atoms with van der Waals surface area (Å²) in [7, 11) is 0. The molecule has 28 heavy (non-hydrogen) atoms. The average Bonchev–Trinajstić information content (AvgIpc) is 3.18.